The second kappa shape index (κ2) is 4.67. The standard InChI is InChI=1S/C13H14N2OS/c1-8-7-10(3-4-11(8)13(14)15)17-12-5-6-16-9(12)2/h3-7H,1-2H3,(H3,14,15). The highest BCUT2D eigenvalue weighted by Crippen LogP contribution is 2.31. The van der Waals surface area contributed by atoms with Gasteiger partial charge in [-0.2, -0.15) is 0 Å². The monoisotopic (exact) mass is 246 g/mol. The second-order valence-electron chi connectivity index (χ2n) is 3.83. The molecule has 0 aliphatic carbocycles. The fourth-order valence-corrected chi connectivity index (χ4v) is 2.55. The first-order valence-electron chi connectivity index (χ1n) is 5.25. The van der Waals surface area contributed by atoms with Gasteiger partial charge in [0.05, 0.1) is 11.2 Å². The zero-order chi connectivity index (χ0) is 12.4. The van der Waals surface area contributed by atoms with Crippen molar-refractivity contribution >= 4 is 17.6 Å². The van der Waals surface area contributed by atoms with E-state index in [1.807, 2.05) is 38.1 Å². The summed E-state index contributed by atoms with van der Waals surface area (Å²) in [6.07, 6.45) is 1.69. The Bertz CT molecular complexity index is 560. The van der Waals surface area contributed by atoms with E-state index in [0.29, 0.717) is 0 Å². The minimum atomic E-state index is 0.110. The van der Waals surface area contributed by atoms with Crippen LogP contribution in [0.3, 0.4) is 0 Å². The molecule has 0 unspecified atom stereocenters. The predicted octanol–water partition coefficient (Wildman–Crippen LogP) is 3.33. The van der Waals surface area contributed by atoms with Crippen molar-refractivity contribution in [2.75, 3.05) is 0 Å². The van der Waals surface area contributed by atoms with Crippen LogP contribution in [0.5, 0.6) is 0 Å². The summed E-state index contributed by atoms with van der Waals surface area (Å²) < 4.78 is 5.25. The number of nitrogens with two attached hydrogens (primary N) is 1. The molecule has 0 fully saturated rings. The van der Waals surface area contributed by atoms with Gasteiger partial charge in [0.25, 0.3) is 0 Å². The van der Waals surface area contributed by atoms with E-state index in [1.165, 1.54) is 0 Å². The van der Waals surface area contributed by atoms with Crippen molar-refractivity contribution in [3.8, 4) is 0 Å². The summed E-state index contributed by atoms with van der Waals surface area (Å²) in [6, 6.07) is 7.85. The molecule has 3 N–H and O–H groups in total. The molecule has 0 spiro atoms. The smallest absolute Gasteiger partial charge is 0.123 e. The molecule has 17 heavy (non-hydrogen) atoms. The molecular weight excluding hydrogens is 232 g/mol. The molecule has 1 aromatic heterocycles. The molecule has 1 aromatic carbocycles. The number of aryl methyl sites for hydroxylation is 2. The Hall–Kier alpha value is -1.68. The number of amidine groups is 1. The van der Waals surface area contributed by atoms with E-state index >= 15 is 0 Å². The normalized spacial score (nSPS) is 10.5. The van der Waals surface area contributed by atoms with Gasteiger partial charge in [-0.25, -0.2) is 0 Å². The van der Waals surface area contributed by atoms with Crippen molar-refractivity contribution in [3.63, 3.8) is 0 Å². The third-order valence-electron chi connectivity index (χ3n) is 2.53. The van der Waals surface area contributed by atoms with Crippen LogP contribution >= 0.6 is 11.8 Å². The number of hydrogen-bond acceptors (Lipinski definition) is 3. The van der Waals surface area contributed by atoms with Crippen LogP contribution in [0.4, 0.5) is 0 Å². The number of rotatable bonds is 3. The van der Waals surface area contributed by atoms with E-state index in [-0.39, 0.29) is 5.84 Å². The van der Waals surface area contributed by atoms with E-state index in [2.05, 4.69) is 0 Å². The second-order valence-corrected chi connectivity index (χ2v) is 4.95. The molecule has 0 atom stereocenters. The van der Waals surface area contributed by atoms with Crippen LogP contribution in [0.25, 0.3) is 0 Å². The van der Waals surface area contributed by atoms with Gasteiger partial charge in [-0.15, -0.1) is 0 Å². The van der Waals surface area contributed by atoms with Gasteiger partial charge in [-0.3, -0.25) is 5.41 Å². The maximum absolute atomic E-state index is 7.43. The largest absolute Gasteiger partial charge is 0.468 e. The molecule has 0 aliphatic heterocycles. The SMILES string of the molecule is Cc1cc(Sc2ccoc2C)ccc1C(=N)N. The van der Waals surface area contributed by atoms with Crippen molar-refractivity contribution in [3.05, 3.63) is 47.4 Å². The minimum Gasteiger partial charge on any atom is -0.468 e. The quantitative estimate of drug-likeness (QED) is 0.645. The Balaban J connectivity index is 2.27. The lowest BCUT2D eigenvalue weighted by atomic mass is 10.1. The number of nitrogens with one attached hydrogen (secondary N) is 1. The Kier molecular flexibility index (Phi) is 3.24. The van der Waals surface area contributed by atoms with E-state index < -0.39 is 0 Å². The van der Waals surface area contributed by atoms with Gasteiger partial charge in [0.15, 0.2) is 0 Å². The van der Waals surface area contributed by atoms with Crippen LogP contribution in [0.15, 0.2) is 44.7 Å². The molecule has 2 aromatic rings. The number of benzene rings is 1. The number of furan rings is 1. The summed E-state index contributed by atoms with van der Waals surface area (Å²) in [5.41, 5.74) is 7.29. The molecule has 0 saturated heterocycles. The molecule has 0 aliphatic rings. The molecular formula is C13H14N2OS. The lowest BCUT2D eigenvalue weighted by molar-refractivity contribution is 0.527. The molecule has 0 saturated carbocycles. The third kappa shape index (κ3) is 2.53. The highest BCUT2D eigenvalue weighted by Gasteiger charge is 2.06. The zero-order valence-corrected chi connectivity index (χ0v) is 10.6. The Morgan fingerprint density at radius 3 is 2.59 bits per heavy atom. The minimum absolute atomic E-state index is 0.110. The molecule has 3 nitrogen and oxygen atoms in total. The molecule has 0 radical (unpaired) electrons. The average Bonchev–Trinajstić information content (AvgIpc) is 2.64. The van der Waals surface area contributed by atoms with Gasteiger partial charge in [-0.1, -0.05) is 11.8 Å². The first-order valence-corrected chi connectivity index (χ1v) is 6.06. The van der Waals surface area contributed by atoms with Gasteiger partial charge < -0.3 is 10.2 Å². The maximum Gasteiger partial charge on any atom is 0.123 e. The van der Waals surface area contributed by atoms with Crippen molar-refractivity contribution in [2.24, 2.45) is 5.73 Å². The van der Waals surface area contributed by atoms with Crippen molar-refractivity contribution < 1.29 is 4.42 Å². The van der Waals surface area contributed by atoms with Gasteiger partial charge in [0, 0.05) is 10.5 Å². The summed E-state index contributed by atoms with van der Waals surface area (Å²) in [6.45, 7) is 3.90. The summed E-state index contributed by atoms with van der Waals surface area (Å²) >= 11 is 1.65. The van der Waals surface area contributed by atoms with E-state index in [9.17, 15) is 0 Å². The molecule has 2 rings (SSSR count). The number of nitrogen functional groups attached to an aromatic ring is 1. The highest BCUT2D eigenvalue weighted by atomic mass is 32.2. The summed E-state index contributed by atoms with van der Waals surface area (Å²) in [4.78, 5) is 2.23. The molecule has 4 heteroatoms. The topological polar surface area (TPSA) is 63.0 Å². The third-order valence-corrected chi connectivity index (χ3v) is 3.66. The molecule has 0 amide bonds. The molecule has 1 heterocycles. The first kappa shape index (κ1) is 11.8. The summed E-state index contributed by atoms with van der Waals surface area (Å²) in [5.74, 6) is 1.03. The maximum atomic E-state index is 7.43. The summed E-state index contributed by atoms with van der Waals surface area (Å²) in [7, 11) is 0. The molecule has 88 valence electrons. The van der Waals surface area contributed by atoms with E-state index in [0.717, 1.165) is 26.7 Å². The van der Waals surface area contributed by atoms with Crippen LogP contribution in [-0.2, 0) is 0 Å². The Labute approximate surface area is 105 Å². The lowest BCUT2D eigenvalue weighted by Gasteiger charge is -2.06. The van der Waals surface area contributed by atoms with Crippen molar-refractivity contribution in [1.82, 2.24) is 0 Å². The lowest BCUT2D eigenvalue weighted by Crippen LogP contribution is -2.12. The summed E-state index contributed by atoms with van der Waals surface area (Å²) in [5, 5.41) is 7.43. The highest BCUT2D eigenvalue weighted by molar-refractivity contribution is 7.99. The first-order chi connectivity index (χ1) is 8.08. The van der Waals surface area contributed by atoms with Crippen molar-refractivity contribution in [2.45, 2.75) is 23.6 Å². The Morgan fingerprint density at radius 1 is 1.29 bits per heavy atom. The van der Waals surface area contributed by atoms with Crippen LogP contribution < -0.4 is 5.73 Å². The van der Waals surface area contributed by atoms with Crippen molar-refractivity contribution in [1.29, 1.82) is 5.41 Å². The molecule has 0 bridgehead atoms. The van der Waals surface area contributed by atoms with Gasteiger partial charge in [0.2, 0.25) is 0 Å². The zero-order valence-electron chi connectivity index (χ0n) is 9.78. The van der Waals surface area contributed by atoms with Gasteiger partial charge >= 0.3 is 0 Å². The predicted molar refractivity (Wildman–Crippen MR) is 69.8 cm³/mol. The van der Waals surface area contributed by atoms with Crippen LogP contribution in [0, 0.1) is 19.3 Å². The van der Waals surface area contributed by atoms with Gasteiger partial charge in [0.1, 0.15) is 11.6 Å². The number of hydrogen-bond donors (Lipinski definition) is 2. The fraction of sp³-hybridized carbons (Fsp3) is 0.154. The van der Waals surface area contributed by atoms with Gasteiger partial charge in [-0.05, 0) is 43.7 Å². The average molecular weight is 246 g/mol. The van der Waals surface area contributed by atoms with E-state index in [4.69, 9.17) is 15.6 Å². The Morgan fingerprint density at radius 2 is 2.06 bits per heavy atom. The van der Waals surface area contributed by atoms with Crippen LogP contribution in [0.2, 0.25) is 0 Å². The van der Waals surface area contributed by atoms with E-state index in [1.54, 1.807) is 18.0 Å². The van der Waals surface area contributed by atoms with Crippen LogP contribution in [0.1, 0.15) is 16.9 Å². The van der Waals surface area contributed by atoms with Crippen LogP contribution in [-0.4, -0.2) is 5.84 Å². The fourth-order valence-electron chi connectivity index (χ4n) is 1.61.